The number of aromatic nitrogens is 2. The van der Waals surface area contributed by atoms with Crippen LogP contribution in [0.2, 0.25) is 0 Å². The van der Waals surface area contributed by atoms with Gasteiger partial charge in [0.15, 0.2) is 0 Å². The summed E-state index contributed by atoms with van der Waals surface area (Å²) in [7, 11) is 1.75. The van der Waals surface area contributed by atoms with Gasteiger partial charge in [0.25, 0.3) is 0 Å². The van der Waals surface area contributed by atoms with E-state index >= 15 is 0 Å². The first kappa shape index (κ1) is 15.5. The summed E-state index contributed by atoms with van der Waals surface area (Å²) in [6.45, 7) is 5.23. The maximum atomic E-state index is 10.8. The van der Waals surface area contributed by atoms with Crippen LogP contribution in [0.3, 0.4) is 0 Å². The number of imidazole rings is 1. The molecule has 6 nitrogen and oxygen atoms in total. The maximum absolute atomic E-state index is 10.8. The molecule has 0 aliphatic carbocycles. The predicted octanol–water partition coefficient (Wildman–Crippen LogP) is 3.35. The molecule has 0 radical (unpaired) electrons. The van der Waals surface area contributed by atoms with Crippen LogP contribution in [0.4, 0.5) is 11.6 Å². The fourth-order valence-electron chi connectivity index (χ4n) is 1.99. The van der Waals surface area contributed by atoms with Crippen LogP contribution in [-0.2, 0) is 7.05 Å². The minimum absolute atomic E-state index is 0.0951. The monoisotopic (exact) mass is 268 g/mol. The summed E-state index contributed by atoms with van der Waals surface area (Å²) >= 11 is 0. The molecule has 0 saturated carbocycles. The third-order valence-electron chi connectivity index (χ3n) is 3.09. The van der Waals surface area contributed by atoms with Crippen molar-refractivity contribution in [3.05, 3.63) is 16.4 Å². The third-order valence-corrected chi connectivity index (χ3v) is 3.09. The Morgan fingerprint density at radius 1 is 1.37 bits per heavy atom. The molecule has 6 heteroatoms. The van der Waals surface area contributed by atoms with E-state index < -0.39 is 4.92 Å². The molecule has 0 spiro atoms. The van der Waals surface area contributed by atoms with Crippen LogP contribution in [0.5, 0.6) is 0 Å². The molecular weight excluding hydrogens is 244 g/mol. The highest BCUT2D eigenvalue weighted by Crippen LogP contribution is 2.21. The Hall–Kier alpha value is -1.59. The highest BCUT2D eigenvalue weighted by atomic mass is 16.6. The first-order chi connectivity index (χ1) is 9.02. The lowest BCUT2D eigenvalue weighted by Crippen LogP contribution is -2.07. The Kier molecular flexibility index (Phi) is 6.32. The topological polar surface area (TPSA) is 73.0 Å². The molecule has 0 aliphatic heterocycles. The van der Waals surface area contributed by atoms with Gasteiger partial charge in [-0.25, -0.2) is 0 Å². The number of hydrogen-bond donors (Lipinski definition) is 1. The first-order valence-corrected chi connectivity index (χ1v) is 6.92. The van der Waals surface area contributed by atoms with E-state index in [0.29, 0.717) is 5.82 Å². The number of aryl methyl sites for hydroxylation is 1. The quantitative estimate of drug-likeness (QED) is 0.423. The van der Waals surface area contributed by atoms with Crippen LogP contribution in [-0.4, -0.2) is 21.0 Å². The standard InChI is InChI=1S/C13H24N4O2/c1-11(2)8-6-4-5-7-9-14-12-13(17(18)19)15-10-16(12)3/h10-11,14H,4-9H2,1-3H3. The number of rotatable bonds is 9. The molecular formula is C13H24N4O2. The molecule has 0 bridgehead atoms. The molecule has 1 aromatic heterocycles. The van der Waals surface area contributed by atoms with Gasteiger partial charge in [0.2, 0.25) is 12.1 Å². The van der Waals surface area contributed by atoms with E-state index in [0.717, 1.165) is 25.3 Å². The van der Waals surface area contributed by atoms with Gasteiger partial charge < -0.3 is 15.4 Å². The van der Waals surface area contributed by atoms with Crippen molar-refractivity contribution in [2.24, 2.45) is 13.0 Å². The van der Waals surface area contributed by atoms with Crippen molar-refractivity contribution in [1.29, 1.82) is 0 Å². The molecule has 0 aliphatic rings. The lowest BCUT2D eigenvalue weighted by atomic mass is 10.0. The number of anilines is 1. The van der Waals surface area contributed by atoms with Gasteiger partial charge in [0.1, 0.15) is 0 Å². The Morgan fingerprint density at radius 3 is 2.68 bits per heavy atom. The molecule has 108 valence electrons. The summed E-state index contributed by atoms with van der Waals surface area (Å²) in [6.07, 6.45) is 7.42. The van der Waals surface area contributed by atoms with E-state index in [1.54, 1.807) is 11.6 Å². The van der Waals surface area contributed by atoms with E-state index in [1.165, 1.54) is 25.6 Å². The molecule has 1 rings (SSSR count). The van der Waals surface area contributed by atoms with Crippen molar-refractivity contribution in [3.63, 3.8) is 0 Å². The van der Waals surface area contributed by atoms with Gasteiger partial charge in [-0.15, -0.1) is 0 Å². The van der Waals surface area contributed by atoms with Gasteiger partial charge in [-0.1, -0.05) is 39.5 Å². The van der Waals surface area contributed by atoms with Crippen molar-refractivity contribution in [3.8, 4) is 0 Å². The summed E-state index contributed by atoms with van der Waals surface area (Å²) in [4.78, 5) is 14.1. The Balaban J connectivity index is 2.23. The second-order valence-corrected chi connectivity index (χ2v) is 5.31. The smallest absolute Gasteiger partial charge is 0.364 e. The summed E-state index contributed by atoms with van der Waals surface area (Å²) in [6, 6.07) is 0. The van der Waals surface area contributed by atoms with Crippen LogP contribution in [0.1, 0.15) is 46.0 Å². The minimum Gasteiger partial charge on any atom is -0.364 e. The molecule has 1 aromatic rings. The van der Waals surface area contributed by atoms with E-state index in [9.17, 15) is 10.1 Å². The van der Waals surface area contributed by atoms with Gasteiger partial charge in [0.05, 0.1) is 0 Å². The average molecular weight is 268 g/mol. The number of nitro groups is 1. The van der Waals surface area contributed by atoms with Crippen molar-refractivity contribution in [1.82, 2.24) is 9.55 Å². The lowest BCUT2D eigenvalue weighted by molar-refractivity contribution is -0.388. The minimum atomic E-state index is -0.453. The highest BCUT2D eigenvalue weighted by Gasteiger charge is 2.18. The van der Waals surface area contributed by atoms with E-state index in [-0.39, 0.29) is 5.82 Å². The van der Waals surface area contributed by atoms with Crippen molar-refractivity contribution in [2.45, 2.75) is 46.0 Å². The Bertz CT molecular complexity index is 401. The summed E-state index contributed by atoms with van der Waals surface area (Å²) in [5.41, 5.74) is 0. The van der Waals surface area contributed by atoms with Gasteiger partial charge in [-0.05, 0) is 22.2 Å². The molecule has 0 atom stereocenters. The van der Waals surface area contributed by atoms with E-state index in [2.05, 4.69) is 24.1 Å². The van der Waals surface area contributed by atoms with Crippen LogP contribution < -0.4 is 5.32 Å². The van der Waals surface area contributed by atoms with Gasteiger partial charge in [-0.2, -0.15) is 0 Å². The van der Waals surface area contributed by atoms with Crippen LogP contribution in [0, 0.1) is 16.0 Å². The number of nitrogens with zero attached hydrogens (tertiary/aromatic N) is 3. The summed E-state index contributed by atoms with van der Waals surface area (Å²) < 4.78 is 1.65. The Morgan fingerprint density at radius 2 is 2.05 bits per heavy atom. The molecule has 1 N–H and O–H groups in total. The van der Waals surface area contributed by atoms with Gasteiger partial charge in [-0.3, -0.25) is 4.57 Å². The van der Waals surface area contributed by atoms with Crippen LogP contribution in [0.15, 0.2) is 6.33 Å². The van der Waals surface area contributed by atoms with Crippen LogP contribution >= 0.6 is 0 Å². The maximum Gasteiger partial charge on any atom is 0.406 e. The summed E-state index contributed by atoms with van der Waals surface area (Å²) in [5, 5.41) is 13.9. The Labute approximate surface area is 114 Å². The number of hydrogen-bond acceptors (Lipinski definition) is 4. The highest BCUT2D eigenvalue weighted by molar-refractivity contribution is 5.51. The molecule has 1 heterocycles. The molecule has 0 fully saturated rings. The number of unbranched alkanes of at least 4 members (excludes halogenated alkanes) is 3. The van der Waals surface area contributed by atoms with Gasteiger partial charge in [0, 0.05) is 13.6 Å². The van der Waals surface area contributed by atoms with Crippen LogP contribution in [0.25, 0.3) is 0 Å². The molecule has 19 heavy (non-hydrogen) atoms. The van der Waals surface area contributed by atoms with Gasteiger partial charge >= 0.3 is 5.82 Å². The second-order valence-electron chi connectivity index (χ2n) is 5.31. The zero-order chi connectivity index (χ0) is 14.3. The average Bonchev–Trinajstić information content (AvgIpc) is 2.69. The van der Waals surface area contributed by atoms with E-state index in [4.69, 9.17) is 0 Å². The predicted molar refractivity (Wildman–Crippen MR) is 76.3 cm³/mol. The molecule has 0 saturated heterocycles. The fourth-order valence-corrected chi connectivity index (χ4v) is 1.99. The van der Waals surface area contributed by atoms with Crippen molar-refractivity contribution in [2.75, 3.05) is 11.9 Å². The zero-order valence-corrected chi connectivity index (χ0v) is 12.1. The SMILES string of the molecule is CC(C)CCCCCCNc1c([N+](=O)[O-])ncn1C. The van der Waals surface area contributed by atoms with E-state index in [1.807, 2.05) is 0 Å². The molecule has 0 unspecified atom stereocenters. The molecule has 0 aromatic carbocycles. The lowest BCUT2D eigenvalue weighted by Gasteiger charge is -2.07. The van der Waals surface area contributed by atoms with Crippen molar-refractivity contribution >= 4 is 11.6 Å². The van der Waals surface area contributed by atoms with Crippen molar-refractivity contribution < 1.29 is 4.92 Å². The largest absolute Gasteiger partial charge is 0.406 e. The normalized spacial score (nSPS) is 10.9. The zero-order valence-electron chi connectivity index (χ0n) is 12.1. The fraction of sp³-hybridized carbons (Fsp3) is 0.769. The first-order valence-electron chi connectivity index (χ1n) is 6.92. The molecule has 0 amide bonds. The third kappa shape index (κ3) is 5.28. The number of nitrogens with one attached hydrogen (secondary N) is 1. The second kappa shape index (κ2) is 7.76. The summed E-state index contributed by atoms with van der Waals surface area (Å²) in [5.74, 6) is 1.17.